The Morgan fingerprint density at radius 2 is 1.75 bits per heavy atom. The van der Waals surface area contributed by atoms with Crippen molar-refractivity contribution >= 4 is 27.6 Å². The minimum Gasteiger partial charge on any atom is -0.450 e. The van der Waals surface area contributed by atoms with Gasteiger partial charge in [-0.05, 0) is 24.3 Å². The molecule has 0 bridgehead atoms. The second-order valence-electron chi connectivity index (χ2n) is 4.59. The Labute approximate surface area is 140 Å². The van der Waals surface area contributed by atoms with Gasteiger partial charge in [-0.2, -0.15) is 0 Å². The maximum atomic E-state index is 13.0. The van der Waals surface area contributed by atoms with E-state index in [2.05, 4.69) is 4.74 Å². The summed E-state index contributed by atoms with van der Waals surface area (Å²) in [5.41, 5.74) is 0. The lowest BCUT2D eigenvalue weighted by atomic mass is 10.3. The van der Waals surface area contributed by atoms with E-state index in [1.165, 1.54) is 6.07 Å². The number of hydrogen-bond acceptors (Lipinski definition) is 6. The molecule has 0 amide bonds. The highest BCUT2D eigenvalue weighted by Gasteiger charge is 2.32. The van der Waals surface area contributed by atoms with E-state index in [1.54, 1.807) is 0 Å². The summed E-state index contributed by atoms with van der Waals surface area (Å²) in [6.07, 6.45) is -1.63. The minimum atomic E-state index is -4.04. The fourth-order valence-electron chi connectivity index (χ4n) is 2.01. The highest BCUT2D eigenvalue weighted by atomic mass is 35.5. The molecule has 24 heavy (non-hydrogen) atoms. The van der Waals surface area contributed by atoms with Gasteiger partial charge in [-0.25, -0.2) is 17.6 Å². The van der Waals surface area contributed by atoms with Crippen LogP contribution >= 0.6 is 11.6 Å². The summed E-state index contributed by atoms with van der Waals surface area (Å²) < 4.78 is 52.5. The molecule has 1 heterocycles. The van der Waals surface area contributed by atoms with Gasteiger partial charge in [0.15, 0.2) is 11.5 Å². The van der Waals surface area contributed by atoms with Crippen LogP contribution in [0.15, 0.2) is 46.2 Å². The fraction of sp³-hybridized carbons (Fsp3) is 0.0714. The number of fused-ring (bicyclic) bond motifs is 1. The van der Waals surface area contributed by atoms with Crippen LogP contribution in [0.25, 0.3) is 0 Å². The van der Waals surface area contributed by atoms with Crippen LogP contribution in [0.3, 0.4) is 0 Å². The number of halogens is 2. The molecule has 10 heteroatoms. The molecular weight excluding hydrogens is 367 g/mol. The normalized spacial score (nSPS) is 16.0. The lowest BCUT2D eigenvalue weighted by Gasteiger charge is -2.08. The van der Waals surface area contributed by atoms with Gasteiger partial charge >= 0.3 is 12.6 Å². The van der Waals surface area contributed by atoms with Crippen molar-refractivity contribution in [1.29, 1.82) is 0 Å². The molecule has 3 rings (SSSR count). The topological polar surface area (TPSA) is 99.1 Å². The molecule has 1 aliphatic heterocycles. The summed E-state index contributed by atoms with van der Waals surface area (Å²) in [6.45, 7) is -1.56. The van der Waals surface area contributed by atoms with Gasteiger partial charge in [-0.15, -0.1) is 0 Å². The van der Waals surface area contributed by atoms with E-state index in [-0.39, 0.29) is 26.3 Å². The summed E-state index contributed by atoms with van der Waals surface area (Å²) in [5, 5.41) is 8.36. The highest BCUT2D eigenvalue weighted by Crippen LogP contribution is 2.42. The molecule has 0 spiro atoms. The standard InChI is InChI=1S/C14H8ClFO7S/c15-9-5-10-11(22-14(21-10)23-13(17)18)6-12(9)24(19,20)8-3-1-7(16)2-4-8/h1-6,14H,(H,17,18). The van der Waals surface area contributed by atoms with E-state index in [0.29, 0.717) is 0 Å². The van der Waals surface area contributed by atoms with E-state index < -0.39 is 28.3 Å². The zero-order valence-corrected chi connectivity index (χ0v) is 13.2. The zero-order valence-electron chi connectivity index (χ0n) is 11.6. The van der Waals surface area contributed by atoms with E-state index in [9.17, 15) is 17.6 Å². The summed E-state index contributed by atoms with van der Waals surface area (Å²) in [5.74, 6) is -0.602. The number of carbonyl (C=O) groups is 1. The third-order valence-corrected chi connectivity index (χ3v) is 5.29. The summed E-state index contributed by atoms with van der Waals surface area (Å²) in [6, 6.07) is 6.46. The van der Waals surface area contributed by atoms with Crippen molar-refractivity contribution in [3.63, 3.8) is 0 Å². The average Bonchev–Trinajstić information content (AvgIpc) is 2.86. The van der Waals surface area contributed by atoms with Crippen molar-refractivity contribution in [3.8, 4) is 11.5 Å². The molecule has 0 saturated carbocycles. The SMILES string of the molecule is O=C(O)OC1Oc2cc(Cl)c(S(=O)(=O)c3ccc(F)cc3)cc2O1. The van der Waals surface area contributed by atoms with Crippen molar-refractivity contribution in [2.24, 2.45) is 0 Å². The minimum absolute atomic E-state index is 0.0318. The number of carboxylic acid groups (broad SMARTS) is 1. The smallest absolute Gasteiger partial charge is 0.450 e. The van der Waals surface area contributed by atoms with Gasteiger partial charge in [-0.3, -0.25) is 0 Å². The van der Waals surface area contributed by atoms with Crippen LogP contribution in [0, 0.1) is 5.82 Å². The molecular formula is C14H8ClFO7S. The fourth-order valence-corrected chi connectivity index (χ4v) is 3.79. The summed E-state index contributed by atoms with van der Waals surface area (Å²) >= 11 is 5.98. The van der Waals surface area contributed by atoms with E-state index in [1.807, 2.05) is 0 Å². The van der Waals surface area contributed by atoms with Crippen LogP contribution in [-0.4, -0.2) is 26.2 Å². The molecule has 0 radical (unpaired) electrons. The summed E-state index contributed by atoms with van der Waals surface area (Å²) in [4.78, 5) is 10.0. The number of benzene rings is 2. The molecule has 2 aromatic carbocycles. The molecule has 126 valence electrons. The van der Waals surface area contributed by atoms with Gasteiger partial charge in [0.25, 0.3) is 0 Å². The van der Waals surface area contributed by atoms with Crippen LogP contribution in [0.2, 0.25) is 5.02 Å². The van der Waals surface area contributed by atoms with Crippen LogP contribution < -0.4 is 9.47 Å². The van der Waals surface area contributed by atoms with Gasteiger partial charge < -0.3 is 19.3 Å². The lowest BCUT2D eigenvalue weighted by Crippen LogP contribution is -2.24. The first kappa shape index (κ1) is 16.3. The Bertz CT molecular complexity index is 911. The Balaban J connectivity index is 1.99. The van der Waals surface area contributed by atoms with Crippen LogP contribution in [0.5, 0.6) is 11.5 Å². The first-order valence-electron chi connectivity index (χ1n) is 6.34. The van der Waals surface area contributed by atoms with Crippen LogP contribution in [0.4, 0.5) is 9.18 Å². The largest absolute Gasteiger partial charge is 0.511 e. The lowest BCUT2D eigenvalue weighted by molar-refractivity contribution is -0.147. The van der Waals surface area contributed by atoms with Gasteiger partial charge in [0.05, 0.1) is 14.8 Å². The van der Waals surface area contributed by atoms with Crippen molar-refractivity contribution in [1.82, 2.24) is 0 Å². The first-order chi connectivity index (χ1) is 11.3. The molecule has 0 fully saturated rings. The monoisotopic (exact) mass is 374 g/mol. The first-order valence-corrected chi connectivity index (χ1v) is 8.20. The van der Waals surface area contributed by atoms with E-state index in [0.717, 1.165) is 30.3 Å². The quantitative estimate of drug-likeness (QED) is 0.651. The molecule has 0 aliphatic carbocycles. The number of rotatable bonds is 3. The molecule has 7 nitrogen and oxygen atoms in total. The van der Waals surface area contributed by atoms with Gasteiger partial charge in [-0.1, -0.05) is 11.6 Å². The van der Waals surface area contributed by atoms with Crippen molar-refractivity contribution < 1.29 is 36.9 Å². The van der Waals surface area contributed by atoms with Crippen LogP contribution in [0.1, 0.15) is 0 Å². The third kappa shape index (κ3) is 2.95. The van der Waals surface area contributed by atoms with E-state index in [4.69, 9.17) is 26.2 Å². The molecule has 1 atom stereocenters. The van der Waals surface area contributed by atoms with Crippen molar-refractivity contribution in [2.75, 3.05) is 0 Å². The predicted octanol–water partition coefficient (Wildman–Crippen LogP) is 3.06. The van der Waals surface area contributed by atoms with Crippen molar-refractivity contribution in [2.45, 2.75) is 16.3 Å². The van der Waals surface area contributed by atoms with Crippen molar-refractivity contribution in [3.05, 3.63) is 47.2 Å². The molecule has 1 unspecified atom stereocenters. The Morgan fingerprint density at radius 3 is 2.33 bits per heavy atom. The average molecular weight is 375 g/mol. The van der Waals surface area contributed by atoms with Crippen LogP contribution in [-0.2, 0) is 14.6 Å². The molecule has 0 aromatic heterocycles. The predicted molar refractivity (Wildman–Crippen MR) is 77.5 cm³/mol. The molecule has 2 aromatic rings. The second kappa shape index (κ2) is 5.84. The van der Waals surface area contributed by atoms with Gasteiger partial charge in [0.2, 0.25) is 9.84 Å². The van der Waals surface area contributed by atoms with E-state index >= 15 is 0 Å². The Kier molecular flexibility index (Phi) is 3.98. The maximum absolute atomic E-state index is 13.0. The number of hydrogen-bond donors (Lipinski definition) is 1. The number of ether oxygens (including phenoxy) is 3. The molecule has 0 saturated heterocycles. The third-order valence-electron chi connectivity index (χ3n) is 3.06. The highest BCUT2D eigenvalue weighted by molar-refractivity contribution is 7.91. The Morgan fingerprint density at radius 1 is 1.17 bits per heavy atom. The molecule has 1 aliphatic rings. The zero-order chi connectivity index (χ0) is 17.5. The van der Waals surface area contributed by atoms with Gasteiger partial charge in [0.1, 0.15) is 5.82 Å². The molecule has 1 N–H and O–H groups in total. The van der Waals surface area contributed by atoms with Gasteiger partial charge in [0, 0.05) is 12.1 Å². The maximum Gasteiger partial charge on any atom is 0.511 e. The summed E-state index contributed by atoms with van der Waals surface area (Å²) in [7, 11) is -4.04. The number of sulfone groups is 1. The Hall–Kier alpha value is -2.52. The second-order valence-corrected chi connectivity index (χ2v) is 6.92.